The van der Waals surface area contributed by atoms with Crippen LogP contribution in [0.15, 0.2) is 24.4 Å². The highest BCUT2D eigenvalue weighted by molar-refractivity contribution is 5.96. The van der Waals surface area contributed by atoms with Crippen LogP contribution in [0.2, 0.25) is 0 Å². The summed E-state index contributed by atoms with van der Waals surface area (Å²) in [5.74, 6) is -0.0922. The van der Waals surface area contributed by atoms with E-state index in [0.29, 0.717) is 25.3 Å². The first-order valence-corrected chi connectivity index (χ1v) is 7.19. The van der Waals surface area contributed by atoms with Crippen molar-refractivity contribution in [1.29, 1.82) is 0 Å². The average molecular weight is 275 g/mol. The molecule has 1 atom stereocenters. The molecule has 1 fully saturated rings. The second-order valence-corrected chi connectivity index (χ2v) is 4.88. The van der Waals surface area contributed by atoms with Crippen molar-refractivity contribution in [1.82, 2.24) is 14.8 Å². The van der Waals surface area contributed by atoms with Gasteiger partial charge < -0.3 is 9.80 Å². The van der Waals surface area contributed by atoms with Crippen molar-refractivity contribution in [2.24, 2.45) is 0 Å². The Bertz CT molecular complexity index is 471. The molecule has 0 N–H and O–H groups in total. The molecule has 0 aliphatic carbocycles. The number of pyridine rings is 1. The first-order valence-electron chi connectivity index (χ1n) is 7.19. The minimum atomic E-state index is -0.329. The van der Waals surface area contributed by atoms with Crippen molar-refractivity contribution in [3.63, 3.8) is 0 Å². The van der Waals surface area contributed by atoms with Gasteiger partial charge in [0.05, 0.1) is 0 Å². The zero-order valence-electron chi connectivity index (χ0n) is 12.1. The van der Waals surface area contributed by atoms with Crippen LogP contribution in [-0.2, 0) is 4.79 Å². The van der Waals surface area contributed by atoms with Gasteiger partial charge in [-0.1, -0.05) is 6.07 Å². The molecule has 20 heavy (non-hydrogen) atoms. The molecular formula is C15H21N3O2. The van der Waals surface area contributed by atoms with Crippen LogP contribution in [0, 0.1) is 0 Å². The SMILES string of the molecule is CCN(CC)C(=O)C1CCCN1C(=O)c1ccccn1. The number of rotatable bonds is 4. The molecule has 1 unspecified atom stereocenters. The maximum Gasteiger partial charge on any atom is 0.273 e. The van der Waals surface area contributed by atoms with Crippen LogP contribution in [0.5, 0.6) is 0 Å². The van der Waals surface area contributed by atoms with E-state index < -0.39 is 0 Å². The lowest BCUT2D eigenvalue weighted by Crippen LogP contribution is -2.47. The highest BCUT2D eigenvalue weighted by Crippen LogP contribution is 2.21. The molecule has 1 saturated heterocycles. The summed E-state index contributed by atoms with van der Waals surface area (Å²) in [7, 11) is 0. The van der Waals surface area contributed by atoms with Crippen LogP contribution in [-0.4, -0.2) is 52.3 Å². The van der Waals surface area contributed by atoms with E-state index in [9.17, 15) is 9.59 Å². The molecule has 0 radical (unpaired) electrons. The van der Waals surface area contributed by atoms with Crippen LogP contribution in [0.4, 0.5) is 0 Å². The van der Waals surface area contributed by atoms with Crippen LogP contribution in [0.1, 0.15) is 37.2 Å². The Kier molecular flexibility index (Phi) is 4.71. The molecule has 2 heterocycles. The molecule has 0 spiro atoms. The fraction of sp³-hybridized carbons (Fsp3) is 0.533. The van der Waals surface area contributed by atoms with Gasteiger partial charge in [0, 0.05) is 25.8 Å². The van der Waals surface area contributed by atoms with Crippen molar-refractivity contribution in [2.75, 3.05) is 19.6 Å². The van der Waals surface area contributed by atoms with Gasteiger partial charge in [-0.05, 0) is 38.8 Å². The van der Waals surface area contributed by atoms with Gasteiger partial charge in [-0.3, -0.25) is 14.6 Å². The maximum atomic E-state index is 12.5. The van der Waals surface area contributed by atoms with E-state index in [2.05, 4.69) is 4.98 Å². The lowest BCUT2D eigenvalue weighted by molar-refractivity contribution is -0.134. The molecule has 0 saturated carbocycles. The molecule has 0 bridgehead atoms. The second kappa shape index (κ2) is 6.50. The highest BCUT2D eigenvalue weighted by Gasteiger charge is 2.36. The largest absolute Gasteiger partial charge is 0.341 e. The predicted octanol–water partition coefficient (Wildman–Crippen LogP) is 1.55. The summed E-state index contributed by atoms with van der Waals surface area (Å²) >= 11 is 0. The van der Waals surface area contributed by atoms with Crippen molar-refractivity contribution in [2.45, 2.75) is 32.7 Å². The minimum absolute atomic E-state index is 0.0526. The Balaban J connectivity index is 2.15. The van der Waals surface area contributed by atoms with Crippen molar-refractivity contribution in [3.8, 4) is 0 Å². The molecule has 5 heteroatoms. The Morgan fingerprint density at radius 3 is 2.70 bits per heavy atom. The van der Waals surface area contributed by atoms with Crippen LogP contribution in [0.25, 0.3) is 0 Å². The fourth-order valence-corrected chi connectivity index (χ4v) is 2.65. The summed E-state index contributed by atoms with van der Waals surface area (Å²) in [5.41, 5.74) is 0.409. The Morgan fingerprint density at radius 2 is 2.10 bits per heavy atom. The van der Waals surface area contributed by atoms with E-state index in [1.54, 1.807) is 34.2 Å². The van der Waals surface area contributed by atoms with Crippen LogP contribution >= 0.6 is 0 Å². The number of likely N-dealkylation sites (tertiary alicyclic amines) is 1. The minimum Gasteiger partial charge on any atom is -0.341 e. The van der Waals surface area contributed by atoms with Gasteiger partial charge in [-0.2, -0.15) is 0 Å². The molecule has 1 aliphatic heterocycles. The summed E-state index contributed by atoms with van der Waals surface area (Å²) in [4.78, 5) is 32.5. The average Bonchev–Trinajstić information content (AvgIpc) is 2.98. The van der Waals surface area contributed by atoms with E-state index in [1.807, 2.05) is 13.8 Å². The third-order valence-corrected chi connectivity index (χ3v) is 3.76. The molecule has 1 aromatic rings. The summed E-state index contributed by atoms with van der Waals surface area (Å²) in [6.45, 7) is 5.91. The standard InChI is InChI=1S/C15H21N3O2/c1-3-17(4-2)15(20)13-9-7-11-18(13)14(19)12-8-5-6-10-16-12/h5-6,8,10,13H,3-4,7,9,11H2,1-2H3. The van der Waals surface area contributed by atoms with Gasteiger partial charge in [0.25, 0.3) is 5.91 Å². The number of hydrogen-bond donors (Lipinski definition) is 0. The summed E-state index contributed by atoms with van der Waals surface area (Å²) < 4.78 is 0. The molecule has 108 valence electrons. The van der Waals surface area contributed by atoms with Crippen LogP contribution < -0.4 is 0 Å². The Hall–Kier alpha value is -1.91. The molecule has 2 rings (SSSR count). The smallest absolute Gasteiger partial charge is 0.273 e. The predicted molar refractivity (Wildman–Crippen MR) is 76.2 cm³/mol. The molecule has 1 aromatic heterocycles. The molecule has 2 amide bonds. The highest BCUT2D eigenvalue weighted by atomic mass is 16.2. The van der Waals surface area contributed by atoms with Gasteiger partial charge in [0.2, 0.25) is 5.91 Å². The molecular weight excluding hydrogens is 254 g/mol. The third-order valence-electron chi connectivity index (χ3n) is 3.76. The fourth-order valence-electron chi connectivity index (χ4n) is 2.65. The van der Waals surface area contributed by atoms with E-state index in [0.717, 1.165) is 12.8 Å². The van der Waals surface area contributed by atoms with Gasteiger partial charge in [0.1, 0.15) is 11.7 Å². The van der Waals surface area contributed by atoms with Crippen molar-refractivity contribution < 1.29 is 9.59 Å². The number of likely N-dealkylation sites (N-methyl/N-ethyl adjacent to an activating group) is 1. The zero-order valence-corrected chi connectivity index (χ0v) is 12.1. The lowest BCUT2D eigenvalue weighted by atomic mass is 10.2. The first kappa shape index (κ1) is 14.5. The number of nitrogens with zero attached hydrogens (tertiary/aromatic N) is 3. The van der Waals surface area contributed by atoms with Gasteiger partial charge in [0.15, 0.2) is 0 Å². The number of aromatic nitrogens is 1. The van der Waals surface area contributed by atoms with Crippen molar-refractivity contribution in [3.05, 3.63) is 30.1 Å². The maximum absolute atomic E-state index is 12.5. The van der Waals surface area contributed by atoms with E-state index in [4.69, 9.17) is 0 Å². The molecule has 0 aromatic carbocycles. The van der Waals surface area contributed by atoms with E-state index >= 15 is 0 Å². The number of carbonyl (C=O) groups is 2. The van der Waals surface area contributed by atoms with Crippen molar-refractivity contribution >= 4 is 11.8 Å². The quantitative estimate of drug-likeness (QED) is 0.838. The Labute approximate surface area is 119 Å². The molecule has 5 nitrogen and oxygen atoms in total. The number of amides is 2. The van der Waals surface area contributed by atoms with Gasteiger partial charge >= 0.3 is 0 Å². The first-order chi connectivity index (χ1) is 9.69. The van der Waals surface area contributed by atoms with Crippen LogP contribution in [0.3, 0.4) is 0 Å². The third kappa shape index (κ3) is 2.81. The lowest BCUT2D eigenvalue weighted by Gasteiger charge is -2.28. The Morgan fingerprint density at radius 1 is 1.35 bits per heavy atom. The summed E-state index contributed by atoms with van der Waals surface area (Å²) in [6, 6.07) is 4.93. The number of hydrogen-bond acceptors (Lipinski definition) is 3. The topological polar surface area (TPSA) is 53.5 Å². The summed E-state index contributed by atoms with van der Waals surface area (Å²) in [6.07, 6.45) is 3.22. The second-order valence-electron chi connectivity index (χ2n) is 4.88. The molecule has 1 aliphatic rings. The van der Waals surface area contributed by atoms with Gasteiger partial charge in [-0.25, -0.2) is 0 Å². The zero-order chi connectivity index (χ0) is 14.5. The van der Waals surface area contributed by atoms with E-state index in [1.165, 1.54) is 0 Å². The number of carbonyl (C=O) groups excluding carboxylic acids is 2. The van der Waals surface area contributed by atoms with Gasteiger partial charge in [-0.15, -0.1) is 0 Å². The monoisotopic (exact) mass is 275 g/mol. The van der Waals surface area contributed by atoms with E-state index in [-0.39, 0.29) is 17.9 Å². The summed E-state index contributed by atoms with van der Waals surface area (Å²) in [5, 5.41) is 0. The normalized spacial score (nSPS) is 18.1.